The molecule has 0 saturated carbocycles. The molecule has 0 fully saturated rings. The van der Waals surface area contributed by atoms with Gasteiger partial charge in [-0.2, -0.15) is 0 Å². The molecule has 0 aliphatic carbocycles. The summed E-state index contributed by atoms with van der Waals surface area (Å²) in [6.07, 6.45) is 1.82. The average molecular weight is 380 g/mol. The van der Waals surface area contributed by atoms with Crippen molar-refractivity contribution in [1.82, 2.24) is 0 Å². The minimum atomic E-state index is -3.27. The van der Waals surface area contributed by atoms with Gasteiger partial charge in [-0.15, -0.1) is 0 Å². The van der Waals surface area contributed by atoms with Gasteiger partial charge in [0.15, 0.2) is 9.84 Å². The van der Waals surface area contributed by atoms with Crippen molar-refractivity contribution >= 4 is 21.2 Å². The summed E-state index contributed by atoms with van der Waals surface area (Å²) in [6, 6.07) is 20.7. The van der Waals surface area contributed by atoms with Crippen molar-refractivity contribution in [3.63, 3.8) is 0 Å². The minimum Gasteiger partial charge on any atom is -0.456 e. The van der Waals surface area contributed by atoms with Crippen molar-refractivity contribution in [2.24, 2.45) is 0 Å². The third-order valence-electron chi connectivity index (χ3n) is 4.56. The lowest BCUT2D eigenvalue weighted by Crippen LogP contribution is -2.09. The van der Waals surface area contributed by atoms with Crippen molar-refractivity contribution in [1.29, 1.82) is 0 Å². The summed E-state index contributed by atoms with van der Waals surface area (Å²) < 4.78 is 43.0. The Morgan fingerprint density at radius 3 is 2.15 bits per heavy atom. The lowest BCUT2D eigenvalue weighted by atomic mass is 9.92. The number of hydrogen-bond donors (Lipinski definition) is 0. The SMILES string of the molecule is CS(=O)(=O)c1ccc(C2=C(c3ccc(F)cc3)Cc3ccccc3O2)cc1. The van der Waals surface area contributed by atoms with Gasteiger partial charge in [-0.25, -0.2) is 12.8 Å². The fourth-order valence-electron chi connectivity index (χ4n) is 3.16. The van der Waals surface area contributed by atoms with Gasteiger partial charge in [0.2, 0.25) is 0 Å². The van der Waals surface area contributed by atoms with Gasteiger partial charge in [0.05, 0.1) is 4.90 Å². The number of sulfone groups is 1. The van der Waals surface area contributed by atoms with Crippen LogP contribution in [0.3, 0.4) is 0 Å². The Morgan fingerprint density at radius 1 is 0.852 bits per heavy atom. The van der Waals surface area contributed by atoms with E-state index < -0.39 is 9.84 Å². The molecule has 0 amide bonds. The fraction of sp³-hybridized carbons (Fsp3) is 0.0909. The molecule has 4 rings (SSSR count). The molecule has 27 heavy (non-hydrogen) atoms. The molecule has 1 heterocycles. The van der Waals surface area contributed by atoms with Crippen molar-refractivity contribution in [3.05, 3.63) is 95.3 Å². The second-order valence-electron chi connectivity index (χ2n) is 6.50. The predicted molar refractivity (Wildman–Crippen MR) is 104 cm³/mol. The molecule has 0 spiro atoms. The Bertz CT molecular complexity index is 1130. The normalized spacial score (nSPS) is 13.9. The second kappa shape index (κ2) is 6.67. The summed E-state index contributed by atoms with van der Waals surface area (Å²) in [4.78, 5) is 0.256. The van der Waals surface area contributed by atoms with Crippen LogP contribution < -0.4 is 4.74 Å². The zero-order valence-corrected chi connectivity index (χ0v) is 15.5. The van der Waals surface area contributed by atoms with Crippen LogP contribution >= 0.6 is 0 Å². The number of allylic oxidation sites excluding steroid dienone is 1. The summed E-state index contributed by atoms with van der Waals surface area (Å²) in [5, 5.41) is 0. The van der Waals surface area contributed by atoms with Crippen LogP contribution in [0, 0.1) is 5.82 Å². The van der Waals surface area contributed by atoms with Crippen molar-refractivity contribution in [2.75, 3.05) is 6.26 Å². The highest BCUT2D eigenvalue weighted by molar-refractivity contribution is 7.90. The molecule has 136 valence electrons. The number of fused-ring (bicyclic) bond motifs is 1. The van der Waals surface area contributed by atoms with Gasteiger partial charge in [-0.05, 0) is 53.6 Å². The Balaban J connectivity index is 1.85. The second-order valence-corrected chi connectivity index (χ2v) is 8.51. The number of hydrogen-bond acceptors (Lipinski definition) is 3. The van der Waals surface area contributed by atoms with E-state index in [-0.39, 0.29) is 10.7 Å². The Hall–Kier alpha value is -2.92. The van der Waals surface area contributed by atoms with Crippen molar-refractivity contribution in [2.45, 2.75) is 11.3 Å². The molecule has 0 saturated heterocycles. The zero-order valence-electron chi connectivity index (χ0n) is 14.6. The third-order valence-corrected chi connectivity index (χ3v) is 5.69. The highest BCUT2D eigenvalue weighted by Gasteiger charge is 2.22. The maximum Gasteiger partial charge on any atom is 0.175 e. The first-order chi connectivity index (χ1) is 12.9. The van der Waals surface area contributed by atoms with Crippen LogP contribution in [-0.4, -0.2) is 14.7 Å². The van der Waals surface area contributed by atoms with Gasteiger partial charge in [0, 0.05) is 23.8 Å². The molecule has 3 aromatic rings. The molecule has 3 aromatic carbocycles. The molecule has 1 aliphatic heterocycles. The maximum atomic E-state index is 13.4. The predicted octanol–water partition coefficient (Wildman–Crippen LogP) is 4.73. The minimum absolute atomic E-state index is 0.256. The Kier molecular flexibility index (Phi) is 4.32. The van der Waals surface area contributed by atoms with E-state index in [4.69, 9.17) is 4.74 Å². The molecule has 0 aromatic heterocycles. The number of para-hydroxylation sites is 1. The van der Waals surface area contributed by atoms with E-state index >= 15 is 0 Å². The summed E-state index contributed by atoms with van der Waals surface area (Å²) in [5.41, 5.74) is 3.62. The lowest BCUT2D eigenvalue weighted by molar-refractivity contribution is 0.502. The molecule has 0 radical (unpaired) electrons. The van der Waals surface area contributed by atoms with Crippen molar-refractivity contribution < 1.29 is 17.5 Å². The Morgan fingerprint density at radius 2 is 1.48 bits per heavy atom. The van der Waals surface area contributed by atoms with E-state index in [1.807, 2.05) is 24.3 Å². The quantitative estimate of drug-likeness (QED) is 0.660. The molecule has 1 aliphatic rings. The first-order valence-electron chi connectivity index (χ1n) is 8.47. The summed E-state index contributed by atoms with van der Waals surface area (Å²) in [7, 11) is -3.27. The van der Waals surface area contributed by atoms with Crippen molar-refractivity contribution in [3.8, 4) is 5.75 Å². The van der Waals surface area contributed by atoms with Crippen LogP contribution in [0.25, 0.3) is 11.3 Å². The number of benzene rings is 3. The smallest absolute Gasteiger partial charge is 0.175 e. The molecular formula is C22H17FO3S. The fourth-order valence-corrected chi connectivity index (χ4v) is 3.79. The molecule has 5 heteroatoms. The van der Waals surface area contributed by atoms with E-state index in [1.165, 1.54) is 18.4 Å². The van der Waals surface area contributed by atoms with E-state index in [0.717, 1.165) is 28.0 Å². The van der Waals surface area contributed by atoms with Gasteiger partial charge < -0.3 is 4.74 Å². The standard InChI is InChI=1S/C22H17FO3S/c1-27(24,25)19-12-8-16(9-13-19)22-20(15-6-10-18(23)11-7-15)14-17-4-2-3-5-21(17)26-22/h2-13H,14H2,1H3. The summed E-state index contributed by atoms with van der Waals surface area (Å²) in [6.45, 7) is 0. The zero-order chi connectivity index (χ0) is 19.0. The maximum absolute atomic E-state index is 13.4. The highest BCUT2D eigenvalue weighted by atomic mass is 32.2. The van der Waals surface area contributed by atoms with E-state index in [1.54, 1.807) is 36.4 Å². The summed E-state index contributed by atoms with van der Waals surface area (Å²) >= 11 is 0. The largest absolute Gasteiger partial charge is 0.456 e. The molecule has 0 atom stereocenters. The lowest BCUT2D eigenvalue weighted by Gasteiger charge is -2.24. The van der Waals surface area contributed by atoms with Crippen LogP contribution in [0.4, 0.5) is 4.39 Å². The van der Waals surface area contributed by atoms with Gasteiger partial charge in [-0.3, -0.25) is 0 Å². The number of ether oxygens (including phenoxy) is 1. The van der Waals surface area contributed by atoms with Gasteiger partial charge in [0.25, 0.3) is 0 Å². The molecule has 3 nitrogen and oxygen atoms in total. The van der Waals surface area contributed by atoms with Crippen LogP contribution in [0.1, 0.15) is 16.7 Å². The van der Waals surface area contributed by atoms with E-state index in [9.17, 15) is 12.8 Å². The number of rotatable bonds is 3. The monoisotopic (exact) mass is 380 g/mol. The highest BCUT2D eigenvalue weighted by Crippen LogP contribution is 2.39. The van der Waals surface area contributed by atoms with Gasteiger partial charge >= 0.3 is 0 Å². The molecule has 0 bridgehead atoms. The van der Waals surface area contributed by atoms with Crippen LogP contribution in [-0.2, 0) is 16.3 Å². The molecule has 0 unspecified atom stereocenters. The van der Waals surface area contributed by atoms with E-state index in [2.05, 4.69) is 0 Å². The Labute approximate surface area is 157 Å². The first-order valence-corrected chi connectivity index (χ1v) is 10.4. The molecular weight excluding hydrogens is 363 g/mol. The third kappa shape index (κ3) is 3.51. The molecule has 0 N–H and O–H groups in total. The van der Waals surface area contributed by atoms with Crippen LogP contribution in [0.15, 0.2) is 77.7 Å². The van der Waals surface area contributed by atoms with Gasteiger partial charge in [-0.1, -0.05) is 30.3 Å². The first kappa shape index (κ1) is 17.5. The van der Waals surface area contributed by atoms with Gasteiger partial charge in [0.1, 0.15) is 17.3 Å². The summed E-state index contributed by atoms with van der Waals surface area (Å²) in [5.74, 6) is 1.13. The van der Waals surface area contributed by atoms with E-state index in [0.29, 0.717) is 12.2 Å². The topological polar surface area (TPSA) is 43.4 Å². The number of halogens is 1. The van der Waals surface area contributed by atoms with Crippen LogP contribution in [0.2, 0.25) is 0 Å². The average Bonchev–Trinajstić information content (AvgIpc) is 2.67. The van der Waals surface area contributed by atoms with Crippen LogP contribution in [0.5, 0.6) is 5.75 Å².